The van der Waals surface area contributed by atoms with Crippen LogP contribution in [0.5, 0.6) is 0 Å². The molecule has 2 aromatic rings. The molecule has 2 aliphatic carbocycles. The zero-order chi connectivity index (χ0) is 14.2. The van der Waals surface area contributed by atoms with Crippen LogP contribution in [-0.4, -0.2) is 27.5 Å². The SMILES string of the molecule is CCNc1cn2ccnc2c(NCC(C2CC2)C2CC2)n1. The van der Waals surface area contributed by atoms with E-state index in [1.54, 1.807) is 0 Å². The normalized spacial score (nSPS) is 18.4. The smallest absolute Gasteiger partial charge is 0.180 e. The van der Waals surface area contributed by atoms with Gasteiger partial charge in [0, 0.05) is 25.5 Å². The molecule has 21 heavy (non-hydrogen) atoms. The maximum atomic E-state index is 4.69. The maximum Gasteiger partial charge on any atom is 0.180 e. The highest BCUT2D eigenvalue weighted by atomic mass is 15.1. The number of nitrogens with zero attached hydrogens (tertiary/aromatic N) is 3. The molecule has 2 saturated carbocycles. The van der Waals surface area contributed by atoms with Gasteiger partial charge in [0.2, 0.25) is 0 Å². The van der Waals surface area contributed by atoms with Gasteiger partial charge in [-0.1, -0.05) is 0 Å². The van der Waals surface area contributed by atoms with Gasteiger partial charge in [-0.15, -0.1) is 0 Å². The lowest BCUT2D eigenvalue weighted by atomic mass is 9.98. The predicted octanol–water partition coefficient (Wildman–Crippen LogP) is 3.01. The Kier molecular flexibility index (Phi) is 3.20. The summed E-state index contributed by atoms with van der Waals surface area (Å²) >= 11 is 0. The lowest BCUT2D eigenvalue weighted by molar-refractivity contribution is 0.428. The summed E-state index contributed by atoms with van der Waals surface area (Å²) in [6.07, 6.45) is 11.5. The number of nitrogens with one attached hydrogen (secondary N) is 2. The van der Waals surface area contributed by atoms with Crippen molar-refractivity contribution >= 4 is 17.3 Å². The molecular formula is C16H23N5. The van der Waals surface area contributed by atoms with Crippen LogP contribution >= 0.6 is 0 Å². The summed E-state index contributed by atoms with van der Waals surface area (Å²) < 4.78 is 2.04. The van der Waals surface area contributed by atoms with Crippen molar-refractivity contribution in [1.82, 2.24) is 14.4 Å². The van der Waals surface area contributed by atoms with Crippen molar-refractivity contribution in [1.29, 1.82) is 0 Å². The lowest BCUT2D eigenvalue weighted by Gasteiger charge is -2.17. The average Bonchev–Trinajstić information content (AvgIpc) is 3.39. The zero-order valence-corrected chi connectivity index (χ0v) is 12.5. The van der Waals surface area contributed by atoms with Crippen LogP contribution in [0, 0.1) is 17.8 Å². The Morgan fingerprint density at radius 1 is 1.24 bits per heavy atom. The van der Waals surface area contributed by atoms with E-state index in [4.69, 9.17) is 0 Å². The largest absolute Gasteiger partial charge is 0.369 e. The minimum Gasteiger partial charge on any atom is -0.369 e. The minimum atomic E-state index is 0.838. The van der Waals surface area contributed by atoms with Crippen LogP contribution < -0.4 is 10.6 Å². The highest BCUT2D eigenvalue weighted by Gasteiger charge is 2.41. The Bertz CT molecular complexity index is 615. The van der Waals surface area contributed by atoms with Crippen molar-refractivity contribution in [3.05, 3.63) is 18.6 Å². The van der Waals surface area contributed by atoms with Crippen molar-refractivity contribution in [2.24, 2.45) is 17.8 Å². The fraction of sp³-hybridized carbons (Fsp3) is 0.625. The number of hydrogen-bond donors (Lipinski definition) is 2. The van der Waals surface area contributed by atoms with Gasteiger partial charge in [-0.25, -0.2) is 9.97 Å². The minimum absolute atomic E-state index is 0.838. The Morgan fingerprint density at radius 3 is 2.67 bits per heavy atom. The van der Waals surface area contributed by atoms with Crippen LogP contribution in [0.3, 0.4) is 0 Å². The molecule has 5 nitrogen and oxygen atoms in total. The summed E-state index contributed by atoms with van der Waals surface area (Å²) in [5.41, 5.74) is 0.919. The molecule has 0 atom stereocenters. The molecule has 0 unspecified atom stereocenters. The Morgan fingerprint density at radius 2 is 2.00 bits per heavy atom. The van der Waals surface area contributed by atoms with E-state index in [0.29, 0.717) is 0 Å². The molecule has 4 rings (SSSR count). The summed E-state index contributed by atoms with van der Waals surface area (Å²) in [7, 11) is 0. The molecule has 2 fully saturated rings. The van der Waals surface area contributed by atoms with Crippen LogP contribution in [0.4, 0.5) is 11.6 Å². The quantitative estimate of drug-likeness (QED) is 0.821. The Balaban J connectivity index is 1.55. The first-order valence-electron chi connectivity index (χ1n) is 8.16. The van der Waals surface area contributed by atoms with E-state index in [1.165, 1.54) is 25.7 Å². The first-order chi connectivity index (χ1) is 10.3. The number of imidazole rings is 1. The fourth-order valence-corrected chi connectivity index (χ4v) is 3.30. The number of anilines is 2. The summed E-state index contributed by atoms with van der Waals surface area (Å²) in [5.74, 6) is 4.56. The molecule has 2 aliphatic rings. The van der Waals surface area contributed by atoms with Crippen molar-refractivity contribution in [2.45, 2.75) is 32.6 Å². The van der Waals surface area contributed by atoms with Gasteiger partial charge >= 0.3 is 0 Å². The monoisotopic (exact) mass is 285 g/mol. The van der Waals surface area contributed by atoms with Crippen LogP contribution in [-0.2, 0) is 0 Å². The third-order valence-electron chi connectivity index (χ3n) is 4.69. The second-order valence-corrected chi connectivity index (χ2v) is 6.38. The molecule has 0 saturated heterocycles. The van der Waals surface area contributed by atoms with E-state index in [-0.39, 0.29) is 0 Å². The molecule has 2 aromatic heterocycles. The van der Waals surface area contributed by atoms with E-state index < -0.39 is 0 Å². The van der Waals surface area contributed by atoms with Gasteiger partial charge < -0.3 is 15.0 Å². The predicted molar refractivity (Wildman–Crippen MR) is 84.6 cm³/mol. The van der Waals surface area contributed by atoms with Crippen molar-refractivity contribution in [3.63, 3.8) is 0 Å². The third-order valence-corrected chi connectivity index (χ3v) is 4.69. The number of aromatic nitrogens is 3. The van der Waals surface area contributed by atoms with Gasteiger partial charge in [-0.2, -0.15) is 0 Å². The van der Waals surface area contributed by atoms with Crippen molar-refractivity contribution in [3.8, 4) is 0 Å². The third kappa shape index (κ3) is 2.69. The van der Waals surface area contributed by atoms with E-state index in [9.17, 15) is 0 Å². The molecule has 0 aromatic carbocycles. The molecule has 0 radical (unpaired) electrons. The Hall–Kier alpha value is -1.78. The highest BCUT2D eigenvalue weighted by molar-refractivity contribution is 5.65. The van der Waals surface area contributed by atoms with Crippen molar-refractivity contribution < 1.29 is 0 Å². The second kappa shape index (κ2) is 5.20. The fourth-order valence-electron chi connectivity index (χ4n) is 3.30. The molecule has 0 aliphatic heterocycles. The molecule has 0 amide bonds. The van der Waals surface area contributed by atoms with Crippen LogP contribution in [0.25, 0.3) is 5.65 Å². The first-order valence-corrected chi connectivity index (χ1v) is 8.16. The van der Waals surface area contributed by atoms with Crippen LogP contribution in [0.15, 0.2) is 18.6 Å². The highest BCUT2D eigenvalue weighted by Crippen LogP contribution is 2.49. The van der Waals surface area contributed by atoms with E-state index in [1.807, 2.05) is 23.0 Å². The van der Waals surface area contributed by atoms with E-state index >= 15 is 0 Å². The zero-order valence-electron chi connectivity index (χ0n) is 12.5. The molecular weight excluding hydrogens is 262 g/mol. The second-order valence-electron chi connectivity index (χ2n) is 6.38. The maximum absolute atomic E-state index is 4.69. The standard InChI is InChI=1S/C16H23N5/c1-2-17-14-10-21-8-7-18-16(21)15(20-14)19-9-13(11-3-4-11)12-5-6-12/h7-8,10-13,17H,2-6,9H2,1H3,(H,19,20). The first kappa shape index (κ1) is 12.9. The topological polar surface area (TPSA) is 54.2 Å². The van der Waals surface area contributed by atoms with Crippen molar-refractivity contribution in [2.75, 3.05) is 23.7 Å². The molecule has 112 valence electrons. The molecule has 0 bridgehead atoms. The van der Waals surface area contributed by atoms with Gasteiger partial charge in [0.05, 0.1) is 6.20 Å². The number of fused-ring (bicyclic) bond motifs is 1. The summed E-state index contributed by atoms with van der Waals surface area (Å²) in [4.78, 5) is 9.12. The number of hydrogen-bond acceptors (Lipinski definition) is 4. The summed E-state index contributed by atoms with van der Waals surface area (Å²) in [6, 6.07) is 0. The van der Waals surface area contributed by atoms with E-state index in [2.05, 4.69) is 27.5 Å². The Labute approximate surface area is 125 Å². The molecule has 5 heteroatoms. The van der Waals surface area contributed by atoms with Gasteiger partial charge in [0.25, 0.3) is 0 Å². The summed E-state index contributed by atoms with van der Waals surface area (Å²) in [5, 5.41) is 6.87. The molecule has 2 N–H and O–H groups in total. The van der Waals surface area contributed by atoms with Gasteiger partial charge in [-0.05, 0) is 50.4 Å². The lowest BCUT2D eigenvalue weighted by Crippen LogP contribution is -2.19. The van der Waals surface area contributed by atoms with Crippen LogP contribution in [0.2, 0.25) is 0 Å². The van der Waals surface area contributed by atoms with Gasteiger partial charge in [-0.3, -0.25) is 0 Å². The summed E-state index contributed by atoms with van der Waals surface area (Å²) in [6.45, 7) is 4.00. The van der Waals surface area contributed by atoms with Gasteiger partial charge in [0.15, 0.2) is 11.5 Å². The number of rotatable bonds is 7. The van der Waals surface area contributed by atoms with Crippen LogP contribution in [0.1, 0.15) is 32.6 Å². The molecule has 2 heterocycles. The van der Waals surface area contributed by atoms with E-state index in [0.717, 1.165) is 48.1 Å². The van der Waals surface area contributed by atoms with Gasteiger partial charge in [0.1, 0.15) is 5.82 Å². The molecule has 0 spiro atoms. The average molecular weight is 285 g/mol.